The Morgan fingerprint density at radius 1 is 1.07 bits per heavy atom. The van der Waals surface area contributed by atoms with Crippen molar-refractivity contribution < 1.29 is 22.7 Å². The van der Waals surface area contributed by atoms with Crippen molar-refractivity contribution in [2.75, 3.05) is 6.54 Å². The molecule has 0 aromatic heterocycles. The van der Waals surface area contributed by atoms with Crippen LogP contribution in [0, 0.1) is 0 Å². The van der Waals surface area contributed by atoms with E-state index in [-0.39, 0.29) is 23.5 Å². The minimum Gasteiger partial charge on any atom is -0.449 e. The average molecular weight is 425 g/mol. The summed E-state index contributed by atoms with van der Waals surface area (Å²) in [5, 5.41) is 3.27. The van der Waals surface area contributed by atoms with Gasteiger partial charge in [0.2, 0.25) is 10.0 Å². The molecule has 1 unspecified atom stereocenters. The zero-order valence-electron chi connectivity index (χ0n) is 15.4. The number of carbonyl (C=O) groups is 2. The minimum absolute atomic E-state index is 0.0413. The second-order valence-electron chi connectivity index (χ2n) is 5.92. The van der Waals surface area contributed by atoms with Crippen LogP contribution in [0.5, 0.6) is 0 Å². The molecule has 0 heterocycles. The molecule has 2 aromatic carbocycles. The number of rotatable bonds is 8. The third-order valence-corrected chi connectivity index (χ3v) is 5.58. The molecule has 7 nitrogen and oxygen atoms in total. The van der Waals surface area contributed by atoms with Gasteiger partial charge >= 0.3 is 5.97 Å². The number of hydrogen-bond acceptors (Lipinski definition) is 5. The van der Waals surface area contributed by atoms with Gasteiger partial charge in [0.25, 0.3) is 5.91 Å². The van der Waals surface area contributed by atoms with Crippen LogP contribution in [0.4, 0.5) is 0 Å². The van der Waals surface area contributed by atoms with Crippen molar-refractivity contribution in [2.24, 2.45) is 0 Å². The van der Waals surface area contributed by atoms with Crippen LogP contribution >= 0.6 is 11.6 Å². The van der Waals surface area contributed by atoms with Crippen molar-refractivity contribution in [1.82, 2.24) is 10.0 Å². The van der Waals surface area contributed by atoms with Crippen LogP contribution in [-0.2, 0) is 26.1 Å². The van der Waals surface area contributed by atoms with Crippen molar-refractivity contribution in [2.45, 2.75) is 31.4 Å². The van der Waals surface area contributed by atoms with Gasteiger partial charge in [0.15, 0.2) is 6.10 Å². The van der Waals surface area contributed by atoms with E-state index in [1.807, 2.05) is 0 Å². The molecule has 0 aliphatic rings. The highest BCUT2D eigenvalue weighted by Gasteiger charge is 2.20. The molecule has 2 N–H and O–H groups in total. The molecule has 0 aliphatic heterocycles. The summed E-state index contributed by atoms with van der Waals surface area (Å²) in [4.78, 5) is 24.3. The Morgan fingerprint density at radius 2 is 1.68 bits per heavy atom. The standard InChI is InChI=1S/C19H21ClN2O5S/c1-3-22-28(25,26)17-10-6-15(7-11-17)19(24)27-13(2)18(23)21-12-14-4-8-16(20)9-5-14/h4-11,13,22H,3,12H2,1-2H3,(H,21,23). The fourth-order valence-corrected chi connectivity index (χ4v) is 3.43. The van der Waals surface area contributed by atoms with Crippen LogP contribution in [0.3, 0.4) is 0 Å². The maximum atomic E-state index is 12.2. The smallest absolute Gasteiger partial charge is 0.338 e. The first kappa shape index (κ1) is 21.9. The van der Waals surface area contributed by atoms with Crippen LogP contribution in [0.25, 0.3) is 0 Å². The summed E-state index contributed by atoms with van der Waals surface area (Å²) in [6, 6.07) is 12.3. The van der Waals surface area contributed by atoms with Gasteiger partial charge in [-0.05, 0) is 48.9 Å². The number of nitrogens with one attached hydrogen (secondary N) is 2. The van der Waals surface area contributed by atoms with Crippen LogP contribution in [0.1, 0.15) is 29.8 Å². The lowest BCUT2D eigenvalue weighted by Crippen LogP contribution is -2.35. The maximum Gasteiger partial charge on any atom is 0.338 e. The van der Waals surface area contributed by atoms with Gasteiger partial charge in [0.1, 0.15) is 0 Å². The Kier molecular flexibility index (Phi) is 7.56. The van der Waals surface area contributed by atoms with E-state index >= 15 is 0 Å². The molecule has 0 spiro atoms. The number of esters is 1. The lowest BCUT2D eigenvalue weighted by molar-refractivity contribution is -0.129. The number of carbonyl (C=O) groups excluding carboxylic acids is 2. The SMILES string of the molecule is CCNS(=O)(=O)c1ccc(C(=O)OC(C)C(=O)NCc2ccc(Cl)cc2)cc1. The first-order valence-electron chi connectivity index (χ1n) is 8.56. The molecular weight excluding hydrogens is 404 g/mol. The van der Waals surface area contributed by atoms with Gasteiger partial charge in [-0.2, -0.15) is 0 Å². The van der Waals surface area contributed by atoms with Crippen molar-refractivity contribution in [3.63, 3.8) is 0 Å². The molecule has 28 heavy (non-hydrogen) atoms. The summed E-state index contributed by atoms with van der Waals surface area (Å²) >= 11 is 5.81. The third kappa shape index (κ3) is 6.05. The van der Waals surface area contributed by atoms with Gasteiger partial charge in [-0.1, -0.05) is 30.7 Å². The average Bonchev–Trinajstić information content (AvgIpc) is 2.67. The van der Waals surface area contributed by atoms with E-state index in [9.17, 15) is 18.0 Å². The van der Waals surface area contributed by atoms with Crippen LogP contribution in [0.15, 0.2) is 53.4 Å². The highest BCUT2D eigenvalue weighted by Crippen LogP contribution is 2.12. The molecule has 0 saturated heterocycles. The molecular formula is C19H21ClN2O5S. The number of hydrogen-bond donors (Lipinski definition) is 2. The molecule has 0 aliphatic carbocycles. The fraction of sp³-hybridized carbons (Fsp3) is 0.263. The van der Waals surface area contributed by atoms with E-state index in [0.29, 0.717) is 5.02 Å². The quantitative estimate of drug-likeness (QED) is 0.634. The zero-order valence-corrected chi connectivity index (χ0v) is 17.0. The zero-order chi connectivity index (χ0) is 20.7. The largest absolute Gasteiger partial charge is 0.449 e. The molecule has 1 amide bonds. The van der Waals surface area contributed by atoms with E-state index < -0.39 is 28.0 Å². The highest BCUT2D eigenvalue weighted by atomic mass is 35.5. The topological polar surface area (TPSA) is 102 Å². The highest BCUT2D eigenvalue weighted by molar-refractivity contribution is 7.89. The first-order valence-corrected chi connectivity index (χ1v) is 10.4. The van der Waals surface area contributed by atoms with Crippen molar-refractivity contribution in [1.29, 1.82) is 0 Å². The Hall–Kier alpha value is -2.42. The normalized spacial score (nSPS) is 12.2. The summed E-state index contributed by atoms with van der Waals surface area (Å²) in [6.45, 7) is 3.66. The Morgan fingerprint density at radius 3 is 2.25 bits per heavy atom. The number of sulfonamides is 1. The summed E-state index contributed by atoms with van der Waals surface area (Å²) in [5.74, 6) is -1.17. The Balaban J connectivity index is 1.92. The predicted molar refractivity (Wildman–Crippen MR) is 105 cm³/mol. The summed E-state index contributed by atoms with van der Waals surface area (Å²) in [6.07, 6.45) is -1.01. The molecule has 0 saturated carbocycles. The van der Waals surface area contributed by atoms with Crippen LogP contribution in [-0.4, -0.2) is 32.9 Å². The van der Waals surface area contributed by atoms with Crippen molar-refractivity contribution in [3.05, 3.63) is 64.7 Å². The van der Waals surface area contributed by atoms with E-state index in [0.717, 1.165) is 5.56 Å². The van der Waals surface area contributed by atoms with E-state index in [1.165, 1.54) is 31.2 Å². The van der Waals surface area contributed by atoms with Crippen molar-refractivity contribution >= 4 is 33.5 Å². The monoisotopic (exact) mass is 424 g/mol. The van der Waals surface area contributed by atoms with Crippen LogP contribution < -0.4 is 10.0 Å². The molecule has 0 radical (unpaired) electrons. The summed E-state index contributed by atoms with van der Waals surface area (Å²) in [5.41, 5.74) is 1.00. The predicted octanol–water partition coefficient (Wildman–Crippen LogP) is 2.50. The molecule has 2 aromatic rings. The number of amides is 1. The molecule has 9 heteroatoms. The fourth-order valence-electron chi connectivity index (χ4n) is 2.26. The van der Waals surface area contributed by atoms with Gasteiger partial charge in [0, 0.05) is 18.1 Å². The van der Waals surface area contributed by atoms with Gasteiger partial charge in [-0.25, -0.2) is 17.9 Å². The second-order valence-corrected chi connectivity index (χ2v) is 8.12. The molecule has 150 valence electrons. The van der Waals surface area contributed by atoms with E-state index in [1.54, 1.807) is 31.2 Å². The molecule has 1 atom stereocenters. The van der Waals surface area contributed by atoms with Gasteiger partial charge in [0.05, 0.1) is 10.5 Å². The summed E-state index contributed by atoms with van der Waals surface area (Å²) < 4.78 is 31.3. The lowest BCUT2D eigenvalue weighted by atomic mass is 10.2. The Bertz CT molecular complexity index is 928. The van der Waals surface area contributed by atoms with Crippen LogP contribution in [0.2, 0.25) is 5.02 Å². The maximum absolute atomic E-state index is 12.2. The molecule has 0 fully saturated rings. The number of benzene rings is 2. The number of halogens is 1. The second kappa shape index (κ2) is 9.68. The minimum atomic E-state index is -3.60. The molecule has 0 bridgehead atoms. The first-order chi connectivity index (χ1) is 13.2. The van der Waals surface area contributed by atoms with E-state index in [2.05, 4.69) is 10.0 Å². The van der Waals surface area contributed by atoms with Gasteiger partial charge in [-0.3, -0.25) is 4.79 Å². The summed E-state index contributed by atoms with van der Waals surface area (Å²) in [7, 11) is -3.60. The van der Waals surface area contributed by atoms with Gasteiger partial charge in [-0.15, -0.1) is 0 Å². The Labute approximate surface area is 169 Å². The third-order valence-electron chi connectivity index (χ3n) is 3.77. The van der Waals surface area contributed by atoms with E-state index in [4.69, 9.17) is 16.3 Å². The van der Waals surface area contributed by atoms with Crippen molar-refractivity contribution in [3.8, 4) is 0 Å². The number of ether oxygens (including phenoxy) is 1. The molecule has 2 rings (SSSR count). The lowest BCUT2D eigenvalue weighted by Gasteiger charge is -2.14. The van der Waals surface area contributed by atoms with Gasteiger partial charge < -0.3 is 10.1 Å².